The Morgan fingerprint density at radius 3 is 2.89 bits per heavy atom. The Morgan fingerprint density at radius 1 is 1.26 bits per heavy atom. The lowest BCUT2D eigenvalue weighted by Gasteiger charge is -2.27. The summed E-state index contributed by atoms with van der Waals surface area (Å²) in [5.74, 6) is 0. The van der Waals surface area contributed by atoms with E-state index in [1.807, 2.05) is 12.5 Å². The molecule has 1 aromatic heterocycles. The second-order valence-corrected chi connectivity index (χ2v) is 5.55. The molecule has 0 fully saturated rings. The molecule has 0 saturated carbocycles. The minimum atomic E-state index is 0.875. The lowest BCUT2D eigenvalue weighted by Crippen LogP contribution is -2.31. The summed E-state index contributed by atoms with van der Waals surface area (Å²) in [5, 5.41) is 0.875. The van der Waals surface area contributed by atoms with E-state index in [0.717, 1.165) is 31.2 Å². The zero-order valence-corrected chi connectivity index (χ0v) is 11.9. The highest BCUT2D eigenvalue weighted by molar-refractivity contribution is 7.98. The molecule has 0 aliphatic carbocycles. The molecule has 0 radical (unpaired) electrons. The van der Waals surface area contributed by atoms with Crippen LogP contribution in [-0.4, -0.2) is 27.7 Å². The van der Waals surface area contributed by atoms with Crippen LogP contribution in [0.5, 0.6) is 0 Å². The molecule has 0 spiro atoms. The molecule has 19 heavy (non-hydrogen) atoms. The largest absolute Gasteiger partial charge is 0.293 e. The van der Waals surface area contributed by atoms with Crippen molar-refractivity contribution in [2.75, 3.05) is 12.8 Å². The molecule has 0 N–H and O–H groups in total. The summed E-state index contributed by atoms with van der Waals surface area (Å²) in [6, 6.07) is 10.6. The number of nitrogens with zero attached hydrogens (tertiary/aromatic N) is 3. The van der Waals surface area contributed by atoms with E-state index in [9.17, 15) is 0 Å². The molecule has 0 bridgehead atoms. The minimum Gasteiger partial charge on any atom is -0.293 e. The van der Waals surface area contributed by atoms with E-state index in [4.69, 9.17) is 0 Å². The van der Waals surface area contributed by atoms with Crippen molar-refractivity contribution in [1.82, 2.24) is 14.9 Å². The van der Waals surface area contributed by atoms with Crippen LogP contribution >= 0.6 is 11.8 Å². The van der Waals surface area contributed by atoms with E-state index in [2.05, 4.69) is 45.2 Å². The zero-order chi connectivity index (χ0) is 13.1. The number of hydrogen-bond acceptors (Lipinski definition) is 4. The normalized spacial score (nSPS) is 15.2. The van der Waals surface area contributed by atoms with E-state index < -0.39 is 0 Å². The Balaban J connectivity index is 1.74. The van der Waals surface area contributed by atoms with Crippen LogP contribution in [-0.2, 0) is 19.5 Å². The molecular formula is C15H17N3S. The van der Waals surface area contributed by atoms with Gasteiger partial charge in [-0.05, 0) is 23.8 Å². The molecule has 98 valence electrons. The van der Waals surface area contributed by atoms with Gasteiger partial charge in [-0.2, -0.15) is 0 Å². The fraction of sp³-hybridized carbons (Fsp3) is 0.333. The monoisotopic (exact) mass is 271 g/mol. The Kier molecular flexibility index (Phi) is 3.80. The molecule has 1 aliphatic heterocycles. The van der Waals surface area contributed by atoms with Crippen LogP contribution in [0.3, 0.4) is 0 Å². The summed E-state index contributed by atoms with van der Waals surface area (Å²) >= 11 is 1.61. The van der Waals surface area contributed by atoms with Crippen molar-refractivity contribution in [1.29, 1.82) is 0 Å². The highest BCUT2D eigenvalue weighted by Gasteiger charge is 2.18. The molecule has 2 aromatic rings. The van der Waals surface area contributed by atoms with Crippen molar-refractivity contribution in [3.05, 3.63) is 53.3 Å². The Labute approximate surface area is 118 Å². The number of fused-ring (bicyclic) bond motifs is 1. The van der Waals surface area contributed by atoms with Crippen LogP contribution in [0.2, 0.25) is 0 Å². The molecule has 1 aliphatic rings. The maximum atomic E-state index is 4.63. The van der Waals surface area contributed by atoms with Crippen molar-refractivity contribution in [3.63, 3.8) is 0 Å². The molecule has 1 aromatic carbocycles. The highest BCUT2D eigenvalue weighted by atomic mass is 32.2. The van der Waals surface area contributed by atoms with Gasteiger partial charge < -0.3 is 0 Å². The van der Waals surface area contributed by atoms with Gasteiger partial charge in [0.05, 0.1) is 5.69 Å². The second-order valence-electron chi connectivity index (χ2n) is 4.77. The van der Waals surface area contributed by atoms with Crippen LogP contribution in [0.1, 0.15) is 16.8 Å². The zero-order valence-electron chi connectivity index (χ0n) is 11.0. The molecule has 0 amide bonds. The number of thioether (sulfide) groups is 1. The Morgan fingerprint density at radius 2 is 2.11 bits per heavy atom. The fourth-order valence-corrected chi connectivity index (χ4v) is 2.77. The standard InChI is InChI=1S/C15H17N3S/c1-19-15-16-9-13-7-8-18(11-14(13)17-15)10-12-5-3-2-4-6-12/h2-6,9H,7-8,10-11H2,1H3. The van der Waals surface area contributed by atoms with Gasteiger partial charge in [0.1, 0.15) is 0 Å². The van der Waals surface area contributed by atoms with E-state index in [-0.39, 0.29) is 0 Å². The van der Waals surface area contributed by atoms with Gasteiger partial charge in [-0.25, -0.2) is 9.97 Å². The summed E-state index contributed by atoms with van der Waals surface area (Å²) in [6.07, 6.45) is 5.07. The number of hydrogen-bond donors (Lipinski definition) is 0. The predicted octanol–water partition coefficient (Wildman–Crippen LogP) is 2.76. The lowest BCUT2D eigenvalue weighted by molar-refractivity contribution is 0.240. The number of rotatable bonds is 3. The predicted molar refractivity (Wildman–Crippen MR) is 78.1 cm³/mol. The summed E-state index contributed by atoms with van der Waals surface area (Å²) in [4.78, 5) is 11.4. The van der Waals surface area contributed by atoms with Crippen LogP contribution in [0, 0.1) is 0 Å². The summed E-state index contributed by atoms with van der Waals surface area (Å²) < 4.78 is 0. The molecule has 0 saturated heterocycles. The summed E-state index contributed by atoms with van der Waals surface area (Å²) in [7, 11) is 0. The molecule has 2 heterocycles. The third kappa shape index (κ3) is 2.96. The topological polar surface area (TPSA) is 29.0 Å². The Hall–Kier alpha value is -1.39. The van der Waals surface area contributed by atoms with Crippen LogP contribution < -0.4 is 0 Å². The number of aromatic nitrogens is 2. The third-order valence-electron chi connectivity index (χ3n) is 3.43. The molecular weight excluding hydrogens is 254 g/mol. The first-order valence-corrected chi connectivity index (χ1v) is 7.72. The summed E-state index contributed by atoms with van der Waals surface area (Å²) in [6.45, 7) is 3.02. The van der Waals surface area contributed by atoms with Crippen LogP contribution in [0.15, 0.2) is 41.7 Å². The van der Waals surface area contributed by atoms with Crippen molar-refractivity contribution in [2.45, 2.75) is 24.7 Å². The van der Waals surface area contributed by atoms with Crippen molar-refractivity contribution in [3.8, 4) is 0 Å². The van der Waals surface area contributed by atoms with E-state index >= 15 is 0 Å². The highest BCUT2D eigenvalue weighted by Crippen LogP contribution is 2.20. The molecule has 0 atom stereocenters. The molecule has 3 nitrogen and oxygen atoms in total. The first kappa shape index (κ1) is 12.6. The van der Waals surface area contributed by atoms with Crippen LogP contribution in [0.4, 0.5) is 0 Å². The number of benzene rings is 1. The first-order chi connectivity index (χ1) is 9.35. The Bertz CT molecular complexity index is 557. The first-order valence-electron chi connectivity index (χ1n) is 6.50. The van der Waals surface area contributed by atoms with Crippen molar-refractivity contribution < 1.29 is 0 Å². The van der Waals surface area contributed by atoms with E-state index in [1.54, 1.807) is 11.8 Å². The maximum absolute atomic E-state index is 4.63. The van der Waals surface area contributed by atoms with Gasteiger partial charge >= 0.3 is 0 Å². The van der Waals surface area contributed by atoms with Gasteiger partial charge in [0.25, 0.3) is 0 Å². The smallest absolute Gasteiger partial charge is 0.187 e. The average Bonchev–Trinajstić information content (AvgIpc) is 2.47. The van der Waals surface area contributed by atoms with Crippen molar-refractivity contribution >= 4 is 11.8 Å². The fourth-order valence-electron chi connectivity index (χ4n) is 2.41. The van der Waals surface area contributed by atoms with Gasteiger partial charge in [-0.15, -0.1) is 0 Å². The SMILES string of the molecule is CSc1ncc2c(n1)CN(Cc1ccccc1)CC2. The van der Waals surface area contributed by atoms with Crippen molar-refractivity contribution in [2.24, 2.45) is 0 Å². The second kappa shape index (κ2) is 5.72. The third-order valence-corrected chi connectivity index (χ3v) is 4.00. The van der Waals surface area contributed by atoms with Gasteiger partial charge in [-0.1, -0.05) is 42.1 Å². The van der Waals surface area contributed by atoms with E-state index in [1.165, 1.54) is 16.8 Å². The average molecular weight is 271 g/mol. The van der Waals surface area contributed by atoms with Gasteiger partial charge in [0, 0.05) is 25.8 Å². The molecule has 4 heteroatoms. The lowest BCUT2D eigenvalue weighted by atomic mass is 10.1. The van der Waals surface area contributed by atoms with Crippen LogP contribution in [0.25, 0.3) is 0 Å². The maximum Gasteiger partial charge on any atom is 0.187 e. The minimum absolute atomic E-state index is 0.875. The quantitative estimate of drug-likeness (QED) is 0.634. The van der Waals surface area contributed by atoms with Gasteiger partial charge in [0.2, 0.25) is 0 Å². The van der Waals surface area contributed by atoms with Gasteiger partial charge in [-0.3, -0.25) is 4.90 Å². The summed E-state index contributed by atoms with van der Waals surface area (Å²) in [5.41, 5.74) is 3.87. The molecule has 3 rings (SSSR count). The van der Waals surface area contributed by atoms with E-state index in [0.29, 0.717) is 0 Å². The molecule has 0 unspecified atom stereocenters. The van der Waals surface area contributed by atoms with Gasteiger partial charge in [0.15, 0.2) is 5.16 Å².